The van der Waals surface area contributed by atoms with E-state index in [9.17, 15) is 9.59 Å². The maximum absolute atomic E-state index is 15.3. The molecule has 2 aromatic rings. The molecule has 0 atom stereocenters. The average molecular weight is 376 g/mol. The Morgan fingerprint density at radius 1 is 1.25 bits per heavy atom. The molecule has 28 heavy (non-hydrogen) atoms. The molecule has 2 aromatic carbocycles. The third kappa shape index (κ3) is 2.83. The van der Waals surface area contributed by atoms with Crippen LogP contribution in [0.5, 0.6) is 0 Å². The van der Waals surface area contributed by atoms with Gasteiger partial charge in [-0.15, -0.1) is 0 Å². The Hall–Kier alpha value is -3.21. The van der Waals surface area contributed by atoms with Gasteiger partial charge in [0.05, 0.1) is 0 Å². The first-order valence-electron chi connectivity index (χ1n) is 9.26. The maximum atomic E-state index is 15.3. The Labute approximate surface area is 163 Å². The number of aryl methyl sites for hydroxylation is 1. The van der Waals surface area contributed by atoms with Gasteiger partial charge in [0, 0.05) is 24.2 Å². The van der Waals surface area contributed by atoms with Crippen LogP contribution in [0.3, 0.4) is 0 Å². The van der Waals surface area contributed by atoms with Crippen molar-refractivity contribution in [2.24, 2.45) is 5.73 Å². The van der Waals surface area contributed by atoms with Gasteiger partial charge in [-0.1, -0.05) is 36.4 Å². The van der Waals surface area contributed by atoms with Crippen molar-refractivity contribution in [3.05, 3.63) is 76.6 Å². The monoisotopic (exact) mass is 376 g/mol. The number of hydrogen-bond acceptors (Lipinski definition) is 2. The van der Waals surface area contributed by atoms with Crippen LogP contribution in [0.1, 0.15) is 39.0 Å². The van der Waals surface area contributed by atoms with Crippen molar-refractivity contribution in [1.82, 2.24) is 4.90 Å². The molecule has 0 saturated heterocycles. The summed E-state index contributed by atoms with van der Waals surface area (Å²) in [6, 6.07) is 7.25. The molecule has 0 radical (unpaired) electrons. The summed E-state index contributed by atoms with van der Waals surface area (Å²) >= 11 is 0. The first kappa shape index (κ1) is 18.2. The van der Waals surface area contributed by atoms with E-state index in [1.807, 2.05) is 25.1 Å². The molecule has 0 spiro atoms. The molecule has 0 fully saturated rings. The highest BCUT2D eigenvalue weighted by Gasteiger charge is 2.31. The van der Waals surface area contributed by atoms with Gasteiger partial charge in [0.2, 0.25) is 11.8 Å². The van der Waals surface area contributed by atoms with E-state index in [2.05, 4.69) is 12.6 Å². The highest BCUT2D eigenvalue weighted by atomic mass is 19.1. The third-order valence-corrected chi connectivity index (χ3v) is 5.51. The lowest BCUT2D eigenvalue weighted by atomic mass is 9.89. The summed E-state index contributed by atoms with van der Waals surface area (Å²) in [7, 11) is 0. The second kappa shape index (κ2) is 6.75. The molecule has 0 unspecified atom stereocenters. The fourth-order valence-electron chi connectivity index (χ4n) is 4.25. The number of carbonyl (C=O) groups is 2. The van der Waals surface area contributed by atoms with Gasteiger partial charge in [-0.2, -0.15) is 0 Å². The molecule has 5 heteroatoms. The number of carbonyl (C=O) groups excluding carboxylic acids is 2. The van der Waals surface area contributed by atoms with E-state index in [1.165, 1.54) is 12.1 Å². The molecule has 0 saturated carbocycles. The largest absolute Gasteiger partial charge is 0.366 e. The number of nitrogens with zero attached hydrogens (tertiary/aromatic N) is 1. The topological polar surface area (TPSA) is 63.4 Å². The summed E-state index contributed by atoms with van der Waals surface area (Å²) in [6.07, 6.45) is 4.43. The summed E-state index contributed by atoms with van der Waals surface area (Å²) in [4.78, 5) is 25.7. The number of fused-ring (bicyclic) bond motifs is 3. The van der Waals surface area contributed by atoms with Crippen LogP contribution in [0, 0.1) is 12.7 Å². The van der Waals surface area contributed by atoms with E-state index >= 15 is 4.39 Å². The summed E-state index contributed by atoms with van der Waals surface area (Å²) in [5.41, 5.74) is 11.5. The minimum atomic E-state index is -0.632. The number of halogens is 1. The lowest BCUT2D eigenvalue weighted by molar-refractivity contribution is -0.125. The van der Waals surface area contributed by atoms with Crippen molar-refractivity contribution in [2.45, 2.75) is 19.8 Å². The molecule has 2 N–H and O–H groups in total. The number of rotatable bonds is 3. The van der Waals surface area contributed by atoms with Gasteiger partial charge < -0.3 is 10.6 Å². The van der Waals surface area contributed by atoms with E-state index in [-0.39, 0.29) is 11.5 Å². The zero-order valence-corrected chi connectivity index (χ0v) is 15.7. The molecule has 0 aromatic heterocycles. The minimum absolute atomic E-state index is 0.174. The van der Waals surface area contributed by atoms with Crippen LogP contribution >= 0.6 is 0 Å². The second-order valence-electron chi connectivity index (χ2n) is 7.32. The smallest absolute Gasteiger partial charge is 0.249 e. The Kier molecular flexibility index (Phi) is 4.38. The van der Waals surface area contributed by atoms with Gasteiger partial charge in [0.25, 0.3) is 0 Å². The number of primary amides is 1. The highest BCUT2D eigenvalue weighted by molar-refractivity contribution is 6.01. The van der Waals surface area contributed by atoms with Crippen LogP contribution in [-0.2, 0) is 11.2 Å². The van der Waals surface area contributed by atoms with E-state index in [0.29, 0.717) is 31.5 Å². The Bertz CT molecular complexity index is 1070. The van der Waals surface area contributed by atoms with Gasteiger partial charge in [0.15, 0.2) is 0 Å². The number of hydrogen-bond donors (Lipinski definition) is 1. The molecule has 1 aliphatic heterocycles. The number of nitrogens with two attached hydrogens (primary N) is 1. The molecule has 4 nitrogen and oxygen atoms in total. The fraction of sp³-hybridized carbons (Fsp3) is 0.217. The molecule has 2 aliphatic rings. The number of amides is 2. The van der Waals surface area contributed by atoms with E-state index in [4.69, 9.17) is 5.73 Å². The van der Waals surface area contributed by atoms with Gasteiger partial charge in [-0.3, -0.25) is 9.59 Å². The maximum Gasteiger partial charge on any atom is 0.249 e. The molecule has 2 amide bonds. The van der Waals surface area contributed by atoms with Gasteiger partial charge in [-0.25, -0.2) is 4.39 Å². The summed E-state index contributed by atoms with van der Waals surface area (Å²) in [5, 5.41) is 0. The van der Waals surface area contributed by atoms with Gasteiger partial charge in [0.1, 0.15) is 5.82 Å². The Balaban J connectivity index is 1.93. The zero-order valence-electron chi connectivity index (χ0n) is 15.7. The highest BCUT2D eigenvalue weighted by Crippen LogP contribution is 2.45. The van der Waals surface area contributed by atoms with Crippen LogP contribution in [0.15, 0.2) is 43.0 Å². The summed E-state index contributed by atoms with van der Waals surface area (Å²) in [6.45, 7) is 6.43. The Morgan fingerprint density at radius 2 is 2.04 bits per heavy atom. The summed E-state index contributed by atoms with van der Waals surface area (Å²) < 4.78 is 15.3. The van der Waals surface area contributed by atoms with Crippen molar-refractivity contribution in [2.75, 3.05) is 13.1 Å². The average Bonchev–Trinajstić information content (AvgIpc) is 3.04. The van der Waals surface area contributed by atoms with Crippen molar-refractivity contribution in [3.8, 4) is 11.1 Å². The predicted molar refractivity (Wildman–Crippen MR) is 107 cm³/mol. The normalized spacial score (nSPS) is 14.9. The lowest BCUT2D eigenvalue weighted by Crippen LogP contribution is -2.34. The first-order chi connectivity index (χ1) is 13.4. The molecule has 0 bridgehead atoms. The molecular weight excluding hydrogens is 355 g/mol. The van der Waals surface area contributed by atoms with Crippen molar-refractivity contribution in [1.29, 1.82) is 0 Å². The lowest BCUT2D eigenvalue weighted by Gasteiger charge is -2.28. The second-order valence-corrected chi connectivity index (χ2v) is 7.32. The van der Waals surface area contributed by atoms with E-state index in [0.717, 1.165) is 33.4 Å². The zero-order chi connectivity index (χ0) is 20.0. The van der Waals surface area contributed by atoms with Crippen molar-refractivity contribution in [3.63, 3.8) is 0 Å². The fourth-order valence-corrected chi connectivity index (χ4v) is 4.25. The van der Waals surface area contributed by atoms with E-state index < -0.39 is 11.7 Å². The Morgan fingerprint density at radius 3 is 2.75 bits per heavy atom. The summed E-state index contributed by atoms with van der Waals surface area (Å²) in [5.74, 6) is -1.29. The molecule has 1 heterocycles. The molecule has 1 aliphatic carbocycles. The van der Waals surface area contributed by atoms with Crippen LogP contribution < -0.4 is 5.73 Å². The van der Waals surface area contributed by atoms with Crippen molar-refractivity contribution < 1.29 is 14.0 Å². The van der Waals surface area contributed by atoms with Gasteiger partial charge in [-0.05, 0) is 59.7 Å². The molecule has 4 rings (SSSR count). The SMILES string of the molecule is C=CC(=O)N1CCC=C(c2c(F)cc(C(N)=O)c3c2-c2ccc(C)cc2C3)C1. The standard InChI is InChI=1S/C23H21FN2O2/c1-3-20(27)26-8-4-5-14(12-26)21-19(24)11-18(23(25)28)17-10-15-9-13(2)6-7-16(15)22(17)21/h3,5-7,9,11H,1,4,8,10,12H2,2H3,(H2,25,28). The van der Waals surface area contributed by atoms with Crippen LogP contribution in [0.25, 0.3) is 16.7 Å². The van der Waals surface area contributed by atoms with Crippen LogP contribution in [0.2, 0.25) is 0 Å². The van der Waals surface area contributed by atoms with E-state index in [1.54, 1.807) is 4.90 Å². The predicted octanol–water partition coefficient (Wildman–Crippen LogP) is 3.61. The minimum Gasteiger partial charge on any atom is -0.366 e. The van der Waals surface area contributed by atoms with Crippen molar-refractivity contribution >= 4 is 17.4 Å². The third-order valence-electron chi connectivity index (χ3n) is 5.51. The quantitative estimate of drug-likeness (QED) is 0.710. The molecule has 142 valence electrons. The first-order valence-corrected chi connectivity index (χ1v) is 9.26. The number of benzene rings is 2. The molecular formula is C23H21FN2O2. The van der Waals surface area contributed by atoms with Crippen LogP contribution in [0.4, 0.5) is 4.39 Å². The van der Waals surface area contributed by atoms with Crippen LogP contribution in [-0.4, -0.2) is 29.8 Å². The van der Waals surface area contributed by atoms with Gasteiger partial charge >= 0.3 is 0 Å².